The molecular weight excluding hydrogens is 314 g/mol. The summed E-state index contributed by atoms with van der Waals surface area (Å²) < 4.78 is 0. The highest BCUT2D eigenvalue weighted by molar-refractivity contribution is 5.85. The lowest BCUT2D eigenvalue weighted by Gasteiger charge is -2.05. The number of rotatable bonds is 16. The molecule has 0 fully saturated rings. The van der Waals surface area contributed by atoms with Gasteiger partial charge in [0.05, 0.1) is 0 Å². The number of halogens is 1. The first kappa shape index (κ1) is 23.2. The third kappa shape index (κ3) is 14.8. The molecule has 0 atom stereocenters. The van der Waals surface area contributed by atoms with Crippen molar-refractivity contribution in [2.24, 2.45) is 0 Å². The average molecular weight is 352 g/mol. The molecule has 0 aliphatic rings. The maximum absolute atomic E-state index is 3.77. The summed E-state index contributed by atoms with van der Waals surface area (Å²) in [6.45, 7) is 5.93. The van der Waals surface area contributed by atoms with Gasteiger partial charge in [-0.15, -0.1) is 19.0 Å². The van der Waals surface area contributed by atoms with E-state index in [1.807, 2.05) is 6.08 Å². The van der Waals surface area contributed by atoms with E-state index in [0.717, 1.165) is 13.1 Å². The molecule has 0 aliphatic heterocycles. The first-order valence-electron chi connectivity index (χ1n) is 9.79. The summed E-state index contributed by atoms with van der Waals surface area (Å²) in [5.41, 5.74) is 1.39. The number of allylic oxidation sites excluding steroid dienone is 1. The summed E-state index contributed by atoms with van der Waals surface area (Å²) in [5, 5.41) is 3.54. The van der Waals surface area contributed by atoms with Crippen molar-refractivity contribution in [1.29, 1.82) is 0 Å². The molecule has 0 saturated heterocycles. The fourth-order valence-electron chi connectivity index (χ4n) is 2.96. The van der Waals surface area contributed by atoms with Crippen molar-refractivity contribution in [2.75, 3.05) is 6.54 Å². The largest absolute Gasteiger partial charge is 0.313 e. The van der Waals surface area contributed by atoms with Gasteiger partial charge in [-0.05, 0) is 31.4 Å². The molecule has 0 spiro atoms. The molecule has 0 saturated carbocycles. The van der Waals surface area contributed by atoms with E-state index in [0.29, 0.717) is 0 Å². The van der Waals surface area contributed by atoms with Crippen molar-refractivity contribution in [3.05, 3.63) is 48.6 Å². The highest BCUT2D eigenvalue weighted by Gasteiger charge is 1.94. The Bertz CT molecular complexity index is 363. The molecule has 0 aliphatic carbocycles. The molecule has 1 aromatic rings. The quantitative estimate of drug-likeness (QED) is 0.248. The topological polar surface area (TPSA) is 12.0 Å². The van der Waals surface area contributed by atoms with E-state index in [-0.39, 0.29) is 12.4 Å². The van der Waals surface area contributed by atoms with E-state index in [4.69, 9.17) is 0 Å². The Labute approximate surface area is 156 Å². The summed E-state index contributed by atoms with van der Waals surface area (Å²) in [7, 11) is 0. The van der Waals surface area contributed by atoms with E-state index in [1.54, 1.807) is 0 Å². The molecule has 0 bridgehead atoms. The van der Waals surface area contributed by atoms with Crippen molar-refractivity contribution < 1.29 is 0 Å². The predicted octanol–water partition coefficient (Wildman–Crippen LogP) is 7.07. The zero-order chi connectivity index (χ0) is 16.4. The molecule has 1 rings (SSSR count). The maximum Gasteiger partial charge on any atom is 0.0205 e. The smallest absolute Gasteiger partial charge is 0.0205 e. The van der Waals surface area contributed by atoms with E-state index >= 15 is 0 Å². The van der Waals surface area contributed by atoms with Crippen LogP contribution in [0.5, 0.6) is 0 Å². The normalized spacial score (nSPS) is 10.3. The second-order valence-electron chi connectivity index (χ2n) is 6.63. The first-order valence-corrected chi connectivity index (χ1v) is 9.79. The van der Waals surface area contributed by atoms with E-state index in [1.165, 1.54) is 82.6 Å². The summed E-state index contributed by atoms with van der Waals surface area (Å²) in [6.07, 6.45) is 18.6. The lowest BCUT2D eigenvalue weighted by atomic mass is 10.1. The minimum Gasteiger partial charge on any atom is -0.313 e. The van der Waals surface area contributed by atoms with Crippen LogP contribution >= 0.6 is 12.4 Å². The minimum absolute atomic E-state index is 0. The molecule has 0 amide bonds. The van der Waals surface area contributed by atoms with Crippen molar-refractivity contribution in [3.8, 4) is 0 Å². The van der Waals surface area contributed by atoms with Gasteiger partial charge >= 0.3 is 0 Å². The summed E-state index contributed by atoms with van der Waals surface area (Å²) in [5.74, 6) is 0. The van der Waals surface area contributed by atoms with Crippen LogP contribution in [-0.2, 0) is 6.54 Å². The highest BCUT2D eigenvalue weighted by atomic mass is 35.5. The van der Waals surface area contributed by atoms with Crippen molar-refractivity contribution in [2.45, 2.75) is 83.6 Å². The summed E-state index contributed by atoms with van der Waals surface area (Å²) in [6, 6.07) is 10.7. The highest BCUT2D eigenvalue weighted by Crippen LogP contribution is 2.12. The minimum atomic E-state index is 0. The molecule has 0 aromatic heterocycles. The molecule has 2 heteroatoms. The van der Waals surface area contributed by atoms with Gasteiger partial charge in [0.2, 0.25) is 0 Å². The van der Waals surface area contributed by atoms with E-state index in [9.17, 15) is 0 Å². The van der Waals surface area contributed by atoms with Crippen LogP contribution in [0.25, 0.3) is 0 Å². The molecular formula is C22H38ClN. The lowest BCUT2D eigenvalue weighted by Crippen LogP contribution is -2.14. The van der Waals surface area contributed by atoms with Crippen molar-refractivity contribution >= 4 is 12.4 Å². The van der Waals surface area contributed by atoms with Gasteiger partial charge < -0.3 is 5.32 Å². The van der Waals surface area contributed by atoms with Crippen LogP contribution in [0.1, 0.15) is 82.6 Å². The van der Waals surface area contributed by atoms with Gasteiger partial charge in [0.25, 0.3) is 0 Å². The summed E-state index contributed by atoms with van der Waals surface area (Å²) >= 11 is 0. The number of hydrogen-bond donors (Lipinski definition) is 1. The Balaban J connectivity index is 0.00000529. The Morgan fingerprint density at radius 1 is 0.708 bits per heavy atom. The Kier molecular flexibility index (Phi) is 17.9. The predicted molar refractivity (Wildman–Crippen MR) is 111 cm³/mol. The van der Waals surface area contributed by atoms with Crippen LogP contribution in [0.2, 0.25) is 0 Å². The Hall–Kier alpha value is -0.790. The van der Waals surface area contributed by atoms with Crippen molar-refractivity contribution in [1.82, 2.24) is 5.32 Å². The number of benzene rings is 1. The Morgan fingerprint density at radius 2 is 1.21 bits per heavy atom. The molecule has 0 heterocycles. The van der Waals surface area contributed by atoms with Gasteiger partial charge in [0, 0.05) is 6.54 Å². The molecule has 0 unspecified atom stereocenters. The molecule has 1 aromatic carbocycles. The van der Waals surface area contributed by atoms with Crippen LogP contribution in [0.4, 0.5) is 0 Å². The van der Waals surface area contributed by atoms with Crippen LogP contribution in [0, 0.1) is 0 Å². The molecule has 1 N–H and O–H groups in total. The average Bonchev–Trinajstić information content (AvgIpc) is 2.59. The SMILES string of the molecule is C=CCCCCCCCCCCCCCNCc1ccccc1.Cl. The number of unbranched alkanes of at least 4 members (excludes halogenated alkanes) is 11. The number of nitrogens with one attached hydrogen (secondary N) is 1. The van der Waals surface area contributed by atoms with Crippen LogP contribution in [-0.4, -0.2) is 6.54 Å². The Morgan fingerprint density at radius 3 is 1.75 bits per heavy atom. The second-order valence-corrected chi connectivity index (χ2v) is 6.63. The standard InChI is InChI=1S/C22H37N.ClH/c1-2-3-4-5-6-7-8-9-10-11-12-13-17-20-23-21-22-18-15-14-16-19-22;/h2,14-16,18-19,23H,1,3-13,17,20-21H2;1H. The third-order valence-corrected chi connectivity index (χ3v) is 4.43. The van der Waals surface area contributed by atoms with Gasteiger partial charge in [-0.2, -0.15) is 0 Å². The zero-order valence-corrected chi connectivity index (χ0v) is 16.3. The lowest BCUT2D eigenvalue weighted by molar-refractivity contribution is 0.537. The first-order chi connectivity index (χ1) is 11.4. The van der Waals surface area contributed by atoms with E-state index in [2.05, 4.69) is 42.2 Å². The van der Waals surface area contributed by atoms with Gasteiger partial charge in [-0.25, -0.2) is 0 Å². The third-order valence-electron chi connectivity index (χ3n) is 4.43. The fourth-order valence-corrected chi connectivity index (χ4v) is 2.96. The van der Waals surface area contributed by atoms with Crippen LogP contribution in [0.3, 0.4) is 0 Å². The van der Waals surface area contributed by atoms with Gasteiger partial charge in [0.15, 0.2) is 0 Å². The van der Waals surface area contributed by atoms with Gasteiger partial charge in [-0.3, -0.25) is 0 Å². The molecule has 1 nitrogen and oxygen atoms in total. The van der Waals surface area contributed by atoms with E-state index < -0.39 is 0 Å². The number of hydrogen-bond acceptors (Lipinski definition) is 1. The summed E-state index contributed by atoms with van der Waals surface area (Å²) in [4.78, 5) is 0. The molecule has 138 valence electrons. The van der Waals surface area contributed by atoms with Crippen molar-refractivity contribution in [3.63, 3.8) is 0 Å². The monoisotopic (exact) mass is 351 g/mol. The fraction of sp³-hybridized carbons (Fsp3) is 0.636. The maximum atomic E-state index is 3.77. The zero-order valence-electron chi connectivity index (χ0n) is 15.5. The molecule has 0 radical (unpaired) electrons. The van der Waals surface area contributed by atoms with Gasteiger partial charge in [-0.1, -0.05) is 94.2 Å². The van der Waals surface area contributed by atoms with Crippen LogP contribution < -0.4 is 5.32 Å². The second kappa shape index (κ2) is 18.5. The van der Waals surface area contributed by atoms with Gasteiger partial charge in [0.1, 0.15) is 0 Å². The van der Waals surface area contributed by atoms with Crippen LogP contribution in [0.15, 0.2) is 43.0 Å². The molecule has 24 heavy (non-hydrogen) atoms.